The minimum Gasteiger partial charge on any atom is -0.461 e. The number of fused-ring (bicyclic) bond motifs is 1. The summed E-state index contributed by atoms with van der Waals surface area (Å²) in [6.07, 6.45) is 0. The zero-order chi connectivity index (χ0) is 19.2. The summed E-state index contributed by atoms with van der Waals surface area (Å²) in [5.74, 6) is -3.63. The molecule has 1 fully saturated rings. The fraction of sp³-hybridized carbons (Fsp3) is 0.389. The Bertz CT molecular complexity index is 860. The molecule has 1 aromatic rings. The summed E-state index contributed by atoms with van der Waals surface area (Å²) in [5, 5.41) is 4.82. The second-order valence-electron chi connectivity index (χ2n) is 6.29. The zero-order valence-corrected chi connectivity index (χ0v) is 15.0. The van der Waals surface area contributed by atoms with Crippen LogP contribution in [0.25, 0.3) is 0 Å². The number of hydrazone groups is 1. The van der Waals surface area contributed by atoms with Crippen LogP contribution in [0.2, 0.25) is 0 Å². The van der Waals surface area contributed by atoms with Crippen LogP contribution in [0.3, 0.4) is 0 Å². The quantitative estimate of drug-likeness (QED) is 0.593. The van der Waals surface area contributed by atoms with E-state index in [0.717, 1.165) is 21.0 Å². The molecule has 0 radical (unpaired) electrons. The third kappa shape index (κ3) is 2.58. The average Bonchev–Trinajstić information content (AvgIpc) is 3.07. The second-order valence-corrected chi connectivity index (χ2v) is 6.29. The van der Waals surface area contributed by atoms with E-state index in [1.54, 1.807) is 26.0 Å². The number of hydrogen-bond donors (Lipinski definition) is 0. The van der Waals surface area contributed by atoms with E-state index in [1.807, 2.05) is 13.0 Å². The summed E-state index contributed by atoms with van der Waals surface area (Å²) >= 11 is 0. The van der Waals surface area contributed by atoms with E-state index in [0.29, 0.717) is 5.69 Å². The Labute approximate surface area is 150 Å². The molecule has 3 amide bonds. The highest BCUT2D eigenvalue weighted by molar-refractivity contribution is 6.47. The van der Waals surface area contributed by atoms with Crippen LogP contribution in [0, 0.1) is 19.8 Å². The SMILES string of the molecule is CCOC(=O)C1=NN(C(C)=O)[C@@H]2C(=O)N(c3ccc(C)cc3C)C(=O)[C@@H]12. The van der Waals surface area contributed by atoms with Crippen molar-refractivity contribution in [1.82, 2.24) is 5.01 Å². The number of benzene rings is 1. The molecule has 0 aliphatic carbocycles. The topological polar surface area (TPSA) is 96.3 Å². The van der Waals surface area contributed by atoms with Gasteiger partial charge in [0.1, 0.15) is 5.92 Å². The van der Waals surface area contributed by atoms with Crippen molar-refractivity contribution in [3.8, 4) is 0 Å². The number of carbonyl (C=O) groups is 4. The molecule has 2 aliphatic heterocycles. The van der Waals surface area contributed by atoms with E-state index >= 15 is 0 Å². The van der Waals surface area contributed by atoms with Gasteiger partial charge in [0, 0.05) is 6.92 Å². The van der Waals surface area contributed by atoms with E-state index < -0.39 is 35.7 Å². The molecule has 2 aliphatic rings. The normalized spacial score (nSPS) is 21.8. The van der Waals surface area contributed by atoms with Crippen LogP contribution in [-0.4, -0.2) is 47.1 Å². The lowest BCUT2D eigenvalue weighted by molar-refractivity contribution is -0.136. The number of aryl methyl sites for hydroxylation is 2. The number of anilines is 1. The van der Waals surface area contributed by atoms with Gasteiger partial charge in [0.2, 0.25) is 11.8 Å². The molecule has 0 spiro atoms. The lowest BCUT2D eigenvalue weighted by atomic mass is 9.98. The number of esters is 1. The summed E-state index contributed by atoms with van der Waals surface area (Å²) in [6.45, 7) is 6.64. The van der Waals surface area contributed by atoms with Crippen molar-refractivity contribution in [1.29, 1.82) is 0 Å². The number of hydrogen-bond acceptors (Lipinski definition) is 6. The van der Waals surface area contributed by atoms with Gasteiger partial charge >= 0.3 is 5.97 Å². The highest BCUT2D eigenvalue weighted by Gasteiger charge is 2.59. The average molecular weight is 357 g/mol. The van der Waals surface area contributed by atoms with Crippen molar-refractivity contribution in [3.63, 3.8) is 0 Å². The van der Waals surface area contributed by atoms with Gasteiger partial charge in [-0.25, -0.2) is 14.7 Å². The Morgan fingerprint density at radius 2 is 1.88 bits per heavy atom. The van der Waals surface area contributed by atoms with Gasteiger partial charge in [-0.05, 0) is 32.4 Å². The highest BCUT2D eigenvalue weighted by Crippen LogP contribution is 2.36. The maximum absolute atomic E-state index is 13.0. The van der Waals surface area contributed by atoms with E-state index in [4.69, 9.17) is 4.74 Å². The van der Waals surface area contributed by atoms with Gasteiger partial charge < -0.3 is 4.74 Å². The number of nitrogens with zero attached hydrogens (tertiary/aromatic N) is 3. The molecule has 3 rings (SSSR count). The molecule has 0 bridgehead atoms. The number of imide groups is 1. The largest absolute Gasteiger partial charge is 0.461 e. The van der Waals surface area contributed by atoms with Gasteiger partial charge in [0.05, 0.1) is 12.3 Å². The van der Waals surface area contributed by atoms with Gasteiger partial charge in [0.25, 0.3) is 5.91 Å². The minimum atomic E-state index is -1.15. The summed E-state index contributed by atoms with van der Waals surface area (Å²) < 4.78 is 4.94. The standard InChI is InChI=1S/C18H19N3O5/c1-5-26-18(25)14-13-15(21(19-14)11(4)22)17(24)20(16(13)23)12-7-6-9(2)8-10(12)3/h6-8,13,15H,5H2,1-4H3/t13-,15-/m0/s1. The van der Waals surface area contributed by atoms with Crippen molar-refractivity contribution >= 4 is 35.1 Å². The maximum atomic E-state index is 13.0. The van der Waals surface area contributed by atoms with Crippen LogP contribution in [0.4, 0.5) is 5.69 Å². The molecular weight excluding hydrogens is 338 g/mol. The van der Waals surface area contributed by atoms with Crippen LogP contribution in [-0.2, 0) is 23.9 Å². The van der Waals surface area contributed by atoms with E-state index in [1.165, 1.54) is 6.92 Å². The number of amides is 3. The summed E-state index contributed by atoms with van der Waals surface area (Å²) in [6, 6.07) is 4.17. The van der Waals surface area contributed by atoms with Crippen LogP contribution in [0.5, 0.6) is 0 Å². The first-order chi connectivity index (χ1) is 12.3. The third-order valence-electron chi connectivity index (χ3n) is 4.45. The monoisotopic (exact) mass is 357 g/mol. The van der Waals surface area contributed by atoms with Crippen LogP contribution < -0.4 is 4.90 Å². The summed E-state index contributed by atoms with van der Waals surface area (Å²) in [4.78, 5) is 51.1. The Morgan fingerprint density at radius 3 is 2.46 bits per heavy atom. The molecule has 0 N–H and O–H groups in total. The lowest BCUT2D eigenvalue weighted by Gasteiger charge is -2.20. The summed E-state index contributed by atoms with van der Waals surface area (Å²) in [7, 11) is 0. The molecule has 1 saturated heterocycles. The van der Waals surface area contributed by atoms with Gasteiger partial charge in [-0.1, -0.05) is 17.7 Å². The molecule has 26 heavy (non-hydrogen) atoms. The van der Waals surface area contributed by atoms with Crippen molar-refractivity contribution in [2.75, 3.05) is 11.5 Å². The Hall–Kier alpha value is -3.03. The zero-order valence-electron chi connectivity index (χ0n) is 15.0. The van der Waals surface area contributed by atoms with Crippen molar-refractivity contribution in [3.05, 3.63) is 29.3 Å². The van der Waals surface area contributed by atoms with Crippen molar-refractivity contribution in [2.45, 2.75) is 33.7 Å². The summed E-state index contributed by atoms with van der Waals surface area (Å²) in [5.41, 5.74) is 1.96. The molecule has 2 atom stereocenters. The highest BCUT2D eigenvalue weighted by atomic mass is 16.5. The van der Waals surface area contributed by atoms with Gasteiger partial charge in [-0.15, -0.1) is 0 Å². The van der Waals surface area contributed by atoms with Crippen LogP contribution in [0.15, 0.2) is 23.3 Å². The Balaban J connectivity index is 2.06. The molecule has 8 heteroatoms. The van der Waals surface area contributed by atoms with E-state index in [9.17, 15) is 19.2 Å². The molecular formula is C18H19N3O5. The first-order valence-electron chi connectivity index (χ1n) is 8.28. The van der Waals surface area contributed by atoms with Gasteiger partial charge in [-0.3, -0.25) is 14.4 Å². The fourth-order valence-corrected chi connectivity index (χ4v) is 3.34. The number of ether oxygens (including phenoxy) is 1. The van der Waals surface area contributed by atoms with E-state index in [-0.39, 0.29) is 12.3 Å². The molecule has 1 aromatic carbocycles. The van der Waals surface area contributed by atoms with Crippen LogP contribution >= 0.6 is 0 Å². The maximum Gasteiger partial charge on any atom is 0.355 e. The second kappa shape index (κ2) is 6.36. The van der Waals surface area contributed by atoms with Gasteiger partial charge in [-0.2, -0.15) is 5.10 Å². The van der Waals surface area contributed by atoms with E-state index in [2.05, 4.69) is 5.10 Å². The molecule has 0 unspecified atom stereocenters. The molecule has 0 aromatic heterocycles. The predicted octanol–water partition coefficient (Wildman–Crippen LogP) is 0.943. The first kappa shape index (κ1) is 17.8. The number of carbonyl (C=O) groups excluding carboxylic acids is 4. The Morgan fingerprint density at radius 1 is 1.19 bits per heavy atom. The molecule has 0 saturated carbocycles. The minimum absolute atomic E-state index is 0.0955. The molecule has 2 heterocycles. The lowest BCUT2D eigenvalue weighted by Crippen LogP contribution is -2.41. The predicted molar refractivity (Wildman–Crippen MR) is 92.3 cm³/mol. The smallest absolute Gasteiger partial charge is 0.355 e. The fourth-order valence-electron chi connectivity index (χ4n) is 3.34. The van der Waals surface area contributed by atoms with Gasteiger partial charge in [0.15, 0.2) is 11.8 Å². The molecule has 136 valence electrons. The Kier molecular flexibility index (Phi) is 4.35. The molecule has 8 nitrogen and oxygen atoms in total. The third-order valence-corrected chi connectivity index (χ3v) is 4.45. The van der Waals surface area contributed by atoms with Crippen molar-refractivity contribution in [2.24, 2.45) is 11.0 Å². The number of rotatable bonds is 3. The first-order valence-corrected chi connectivity index (χ1v) is 8.28. The van der Waals surface area contributed by atoms with Crippen molar-refractivity contribution < 1.29 is 23.9 Å². The van der Waals surface area contributed by atoms with Crippen LogP contribution in [0.1, 0.15) is 25.0 Å².